The minimum Gasteiger partial charge on any atom is -0.480 e. The summed E-state index contributed by atoms with van der Waals surface area (Å²) in [6.07, 6.45) is 0.531. The van der Waals surface area contributed by atoms with Gasteiger partial charge in [0, 0.05) is 25.7 Å². The maximum absolute atomic E-state index is 10.9. The fraction of sp³-hybridized carbons (Fsp3) is 0.417. The molecule has 1 fully saturated rings. The maximum Gasteiger partial charge on any atom is 0.324 e. The van der Waals surface area contributed by atoms with Gasteiger partial charge in [-0.1, -0.05) is 12.1 Å². The second-order valence-corrected chi connectivity index (χ2v) is 4.59. The van der Waals surface area contributed by atoms with Crippen molar-refractivity contribution in [1.29, 1.82) is 0 Å². The van der Waals surface area contributed by atoms with Crippen molar-refractivity contribution in [1.82, 2.24) is 0 Å². The largest absolute Gasteiger partial charge is 0.480 e. The lowest BCUT2D eigenvalue weighted by molar-refractivity contribution is -0.139. The Morgan fingerprint density at radius 3 is 2.38 bits per heavy atom. The number of hydrogen-bond donors (Lipinski definition) is 2. The zero-order valence-electron chi connectivity index (χ0n) is 9.47. The van der Waals surface area contributed by atoms with Crippen molar-refractivity contribution in [2.24, 2.45) is 5.73 Å². The third kappa shape index (κ3) is 1.65. The number of rotatable bonds is 3. The third-order valence-corrected chi connectivity index (χ3v) is 3.21. The van der Waals surface area contributed by atoms with Crippen LogP contribution in [0.2, 0.25) is 0 Å². The highest BCUT2D eigenvalue weighted by Crippen LogP contribution is 2.49. The SMILES string of the molecule is CN(C)c1ccc(C2CC2(N)C(=O)O)cc1. The van der Waals surface area contributed by atoms with E-state index in [4.69, 9.17) is 10.8 Å². The van der Waals surface area contributed by atoms with Gasteiger partial charge in [0.1, 0.15) is 5.54 Å². The van der Waals surface area contributed by atoms with E-state index < -0.39 is 11.5 Å². The van der Waals surface area contributed by atoms with Crippen molar-refractivity contribution < 1.29 is 9.90 Å². The van der Waals surface area contributed by atoms with E-state index in [1.54, 1.807) is 0 Å². The van der Waals surface area contributed by atoms with Crippen molar-refractivity contribution in [3.63, 3.8) is 0 Å². The summed E-state index contributed by atoms with van der Waals surface area (Å²) in [5.74, 6) is -0.949. The highest BCUT2D eigenvalue weighted by atomic mass is 16.4. The molecule has 0 bridgehead atoms. The average Bonchev–Trinajstić information content (AvgIpc) is 2.93. The van der Waals surface area contributed by atoms with Gasteiger partial charge < -0.3 is 15.7 Å². The predicted molar refractivity (Wildman–Crippen MR) is 62.7 cm³/mol. The lowest BCUT2D eigenvalue weighted by atomic mass is 10.1. The Morgan fingerprint density at radius 2 is 2.00 bits per heavy atom. The zero-order chi connectivity index (χ0) is 11.9. The van der Waals surface area contributed by atoms with Crippen LogP contribution < -0.4 is 10.6 Å². The summed E-state index contributed by atoms with van der Waals surface area (Å²) in [5, 5.41) is 8.95. The normalized spacial score (nSPS) is 27.6. The van der Waals surface area contributed by atoms with Gasteiger partial charge in [0.05, 0.1) is 0 Å². The maximum atomic E-state index is 10.9. The second kappa shape index (κ2) is 3.49. The van der Waals surface area contributed by atoms with Gasteiger partial charge in [0.15, 0.2) is 0 Å². The quantitative estimate of drug-likeness (QED) is 0.798. The molecular formula is C12H16N2O2. The van der Waals surface area contributed by atoms with E-state index in [2.05, 4.69) is 0 Å². The minimum atomic E-state index is -1.04. The molecule has 4 nitrogen and oxygen atoms in total. The van der Waals surface area contributed by atoms with Crippen LogP contribution in [0.4, 0.5) is 5.69 Å². The molecule has 16 heavy (non-hydrogen) atoms. The van der Waals surface area contributed by atoms with Gasteiger partial charge in [0.2, 0.25) is 0 Å². The molecule has 3 N–H and O–H groups in total. The van der Waals surface area contributed by atoms with Crippen LogP contribution >= 0.6 is 0 Å². The number of anilines is 1. The van der Waals surface area contributed by atoms with Crippen LogP contribution in [0.1, 0.15) is 17.9 Å². The molecule has 0 radical (unpaired) electrons. The van der Waals surface area contributed by atoms with Crippen molar-refractivity contribution in [2.75, 3.05) is 19.0 Å². The molecule has 1 saturated carbocycles. The van der Waals surface area contributed by atoms with Crippen molar-refractivity contribution in [3.05, 3.63) is 29.8 Å². The Kier molecular flexibility index (Phi) is 2.39. The van der Waals surface area contributed by atoms with Crippen molar-refractivity contribution >= 4 is 11.7 Å². The molecule has 0 heterocycles. The Hall–Kier alpha value is -1.55. The average molecular weight is 220 g/mol. The topological polar surface area (TPSA) is 66.6 Å². The van der Waals surface area contributed by atoms with Crippen molar-refractivity contribution in [2.45, 2.75) is 17.9 Å². The molecule has 2 atom stereocenters. The van der Waals surface area contributed by atoms with E-state index in [0.29, 0.717) is 6.42 Å². The zero-order valence-corrected chi connectivity index (χ0v) is 9.47. The van der Waals surface area contributed by atoms with Crippen LogP contribution in [-0.4, -0.2) is 30.7 Å². The molecule has 0 spiro atoms. The number of hydrogen-bond acceptors (Lipinski definition) is 3. The van der Waals surface area contributed by atoms with Gasteiger partial charge in [-0.05, 0) is 24.1 Å². The molecule has 0 aromatic heterocycles. The summed E-state index contributed by atoms with van der Waals surface area (Å²) < 4.78 is 0. The summed E-state index contributed by atoms with van der Waals surface area (Å²) in [5.41, 5.74) is 6.82. The Bertz CT molecular complexity index is 414. The lowest BCUT2D eigenvalue weighted by Crippen LogP contribution is -2.34. The Balaban J connectivity index is 2.16. The molecule has 2 unspecified atom stereocenters. The molecule has 0 amide bonds. The van der Waals surface area contributed by atoms with Gasteiger partial charge >= 0.3 is 5.97 Å². The van der Waals surface area contributed by atoms with E-state index in [1.807, 2.05) is 43.3 Å². The number of carbonyl (C=O) groups is 1. The summed E-state index contributed by atoms with van der Waals surface area (Å²) in [6.45, 7) is 0. The summed E-state index contributed by atoms with van der Waals surface area (Å²) in [6, 6.07) is 7.88. The molecule has 4 heteroatoms. The number of nitrogens with two attached hydrogens (primary N) is 1. The third-order valence-electron chi connectivity index (χ3n) is 3.21. The molecule has 86 valence electrons. The molecule has 2 rings (SSSR count). The van der Waals surface area contributed by atoms with Gasteiger partial charge in [0.25, 0.3) is 0 Å². The number of nitrogens with zero attached hydrogens (tertiary/aromatic N) is 1. The van der Waals surface area contributed by atoms with Crippen LogP contribution in [0.3, 0.4) is 0 Å². The van der Waals surface area contributed by atoms with E-state index in [1.165, 1.54) is 0 Å². The Labute approximate surface area is 94.7 Å². The van der Waals surface area contributed by atoms with Gasteiger partial charge in [-0.3, -0.25) is 4.79 Å². The smallest absolute Gasteiger partial charge is 0.324 e. The molecule has 1 aromatic carbocycles. The molecular weight excluding hydrogens is 204 g/mol. The molecule has 1 aromatic rings. The van der Waals surface area contributed by atoms with Gasteiger partial charge in [-0.2, -0.15) is 0 Å². The predicted octanol–water partition coefficient (Wildman–Crippen LogP) is 1.02. The van der Waals surface area contributed by atoms with E-state index in [-0.39, 0.29) is 5.92 Å². The van der Waals surface area contributed by atoms with E-state index >= 15 is 0 Å². The van der Waals surface area contributed by atoms with Crippen molar-refractivity contribution in [3.8, 4) is 0 Å². The monoisotopic (exact) mass is 220 g/mol. The van der Waals surface area contributed by atoms with Gasteiger partial charge in [-0.15, -0.1) is 0 Å². The number of aliphatic carboxylic acids is 1. The first-order chi connectivity index (χ1) is 7.45. The highest BCUT2D eigenvalue weighted by molar-refractivity contribution is 5.85. The summed E-state index contributed by atoms with van der Waals surface area (Å²) in [7, 11) is 3.94. The molecule has 1 aliphatic carbocycles. The first-order valence-corrected chi connectivity index (χ1v) is 5.24. The fourth-order valence-electron chi connectivity index (χ4n) is 1.94. The summed E-state index contributed by atoms with van der Waals surface area (Å²) >= 11 is 0. The standard InChI is InChI=1S/C12H16N2O2/c1-14(2)9-5-3-8(4-6-9)10-7-12(10,13)11(15)16/h3-6,10H,7,13H2,1-2H3,(H,15,16). The van der Waals surface area contributed by atoms with E-state index in [0.717, 1.165) is 11.3 Å². The van der Waals surface area contributed by atoms with Crippen LogP contribution in [0.25, 0.3) is 0 Å². The first kappa shape index (κ1) is 11.0. The number of benzene rings is 1. The molecule has 0 saturated heterocycles. The fourth-order valence-corrected chi connectivity index (χ4v) is 1.94. The lowest BCUT2D eigenvalue weighted by Gasteiger charge is -2.13. The second-order valence-electron chi connectivity index (χ2n) is 4.59. The minimum absolute atomic E-state index is 0.0405. The van der Waals surface area contributed by atoms with E-state index in [9.17, 15) is 4.79 Å². The van der Waals surface area contributed by atoms with Crippen LogP contribution in [-0.2, 0) is 4.79 Å². The first-order valence-electron chi connectivity index (χ1n) is 5.24. The van der Waals surface area contributed by atoms with Gasteiger partial charge in [-0.25, -0.2) is 0 Å². The summed E-state index contributed by atoms with van der Waals surface area (Å²) in [4.78, 5) is 12.9. The Morgan fingerprint density at radius 1 is 1.44 bits per heavy atom. The van der Waals surface area contributed by atoms with Crippen LogP contribution in [0.5, 0.6) is 0 Å². The number of carboxylic acids is 1. The van der Waals surface area contributed by atoms with Crippen LogP contribution in [0, 0.1) is 0 Å². The number of carboxylic acid groups (broad SMARTS) is 1. The molecule has 1 aliphatic rings. The highest BCUT2D eigenvalue weighted by Gasteiger charge is 2.58. The molecule has 0 aliphatic heterocycles. The van der Waals surface area contributed by atoms with Crippen LogP contribution in [0.15, 0.2) is 24.3 Å².